The number of aliphatic hydroxyl groups excluding tert-OH is 2. The fourth-order valence-corrected chi connectivity index (χ4v) is 1.95. The van der Waals surface area contributed by atoms with Crippen molar-refractivity contribution in [1.82, 2.24) is 9.55 Å². The number of aromatic nitrogens is 2. The molecule has 0 saturated carbocycles. The summed E-state index contributed by atoms with van der Waals surface area (Å²) >= 11 is 0. The molecule has 0 amide bonds. The number of rotatable bonds is 3. The second kappa shape index (κ2) is 5.02. The first-order valence-electron chi connectivity index (χ1n) is 5.55. The van der Waals surface area contributed by atoms with Gasteiger partial charge in [-0.1, -0.05) is 0 Å². The predicted molar refractivity (Wildman–Crippen MR) is 60.8 cm³/mol. The van der Waals surface area contributed by atoms with E-state index in [9.17, 15) is 14.7 Å². The molecule has 0 unspecified atom stereocenters. The Balaban J connectivity index is 2.35. The molecule has 8 heteroatoms. The van der Waals surface area contributed by atoms with Crippen molar-refractivity contribution in [2.24, 2.45) is 5.73 Å². The SMILES string of the molecule is NC[C@H]1O[C@@H](n2cc(CO)c(=O)[nH]c2=O)C[C@@H]1O. The zero-order valence-corrected chi connectivity index (χ0v) is 9.57. The van der Waals surface area contributed by atoms with Crippen molar-refractivity contribution in [3.8, 4) is 0 Å². The smallest absolute Gasteiger partial charge is 0.330 e. The molecule has 0 spiro atoms. The lowest BCUT2D eigenvalue weighted by molar-refractivity contribution is -0.0153. The van der Waals surface area contributed by atoms with Crippen LogP contribution >= 0.6 is 0 Å². The average molecular weight is 257 g/mol. The highest BCUT2D eigenvalue weighted by molar-refractivity contribution is 5.03. The summed E-state index contributed by atoms with van der Waals surface area (Å²) in [4.78, 5) is 25.0. The zero-order chi connectivity index (χ0) is 13.3. The Kier molecular flexibility index (Phi) is 3.62. The first kappa shape index (κ1) is 13.0. The van der Waals surface area contributed by atoms with Crippen LogP contribution in [-0.4, -0.2) is 38.5 Å². The Bertz CT molecular complexity index is 537. The molecule has 1 saturated heterocycles. The van der Waals surface area contributed by atoms with Crippen LogP contribution in [0, 0.1) is 0 Å². The first-order chi connectivity index (χ1) is 8.56. The van der Waals surface area contributed by atoms with E-state index in [1.165, 1.54) is 6.20 Å². The summed E-state index contributed by atoms with van der Waals surface area (Å²) in [5.74, 6) is 0. The quantitative estimate of drug-likeness (QED) is 0.479. The number of nitrogens with zero attached hydrogens (tertiary/aromatic N) is 1. The minimum Gasteiger partial charge on any atom is -0.391 e. The van der Waals surface area contributed by atoms with Crippen molar-refractivity contribution >= 4 is 0 Å². The van der Waals surface area contributed by atoms with Crippen LogP contribution in [-0.2, 0) is 11.3 Å². The summed E-state index contributed by atoms with van der Waals surface area (Å²) in [5, 5.41) is 18.6. The molecular weight excluding hydrogens is 242 g/mol. The molecular formula is C10H15N3O5. The highest BCUT2D eigenvalue weighted by Gasteiger charge is 2.34. The van der Waals surface area contributed by atoms with Crippen molar-refractivity contribution in [1.29, 1.82) is 0 Å². The van der Waals surface area contributed by atoms with Crippen LogP contribution < -0.4 is 17.0 Å². The molecule has 3 atom stereocenters. The largest absolute Gasteiger partial charge is 0.391 e. The van der Waals surface area contributed by atoms with E-state index in [2.05, 4.69) is 4.98 Å². The highest BCUT2D eigenvalue weighted by Crippen LogP contribution is 2.26. The highest BCUT2D eigenvalue weighted by atomic mass is 16.5. The predicted octanol–water partition coefficient (Wildman–Crippen LogP) is -2.36. The van der Waals surface area contributed by atoms with Gasteiger partial charge in [-0.05, 0) is 0 Å². The van der Waals surface area contributed by atoms with E-state index in [1.54, 1.807) is 0 Å². The number of aliphatic hydroxyl groups is 2. The minimum absolute atomic E-state index is 0.0592. The molecule has 2 rings (SSSR count). The van der Waals surface area contributed by atoms with Gasteiger partial charge < -0.3 is 20.7 Å². The number of hydrogen-bond donors (Lipinski definition) is 4. The van der Waals surface area contributed by atoms with Gasteiger partial charge in [0, 0.05) is 19.2 Å². The third-order valence-corrected chi connectivity index (χ3v) is 2.96. The molecule has 0 aromatic carbocycles. The number of ether oxygens (including phenoxy) is 1. The summed E-state index contributed by atoms with van der Waals surface area (Å²) < 4.78 is 6.56. The third-order valence-electron chi connectivity index (χ3n) is 2.96. The Labute approximate surface area is 102 Å². The summed E-state index contributed by atoms with van der Waals surface area (Å²) in [5.41, 5.74) is 4.19. The summed E-state index contributed by atoms with van der Waals surface area (Å²) in [6.07, 6.45) is -0.540. The summed E-state index contributed by atoms with van der Waals surface area (Å²) in [6.45, 7) is -0.339. The third kappa shape index (κ3) is 2.23. The van der Waals surface area contributed by atoms with Gasteiger partial charge in [-0.3, -0.25) is 14.3 Å². The maximum atomic E-state index is 11.6. The Hall–Kier alpha value is -1.48. The van der Waals surface area contributed by atoms with E-state index in [4.69, 9.17) is 15.6 Å². The Morgan fingerprint density at radius 2 is 2.28 bits per heavy atom. The molecule has 1 aliphatic heterocycles. The Morgan fingerprint density at radius 3 is 2.83 bits per heavy atom. The molecule has 1 aliphatic rings. The molecule has 8 nitrogen and oxygen atoms in total. The van der Waals surface area contributed by atoms with Gasteiger partial charge in [0.2, 0.25) is 0 Å². The molecule has 1 aromatic rings. The second-order valence-electron chi connectivity index (χ2n) is 4.15. The van der Waals surface area contributed by atoms with Crippen molar-refractivity contribution in [2.75, 3.05) is 6.54 Å². The molecule has 100 valence electrons. The van der Waals surface area contributed by atoms with Gasteiger partial charge in [0.15, 0.2) is 0 Å². The van der Waals surface area contributed by atoms with Crippen molar-refractivity contribution in [3.05, 3.63) is 32.6 Å². The molecule has 2 heterocycles. The van der Waals surface area contributed by atoms with E-state index in [-0.39, 0.29) is 18.5 Å². The molecule has 0 bridgehead atoms. The van der Waals surface area contributed by atoms with Crippen molar-refractivity contribution < 1.29 is 14.9 Å². The van der Waals surface area contributed by atoms with Gasteiger partial charge in [0.1, 0.15) is 6.23 Å². The fraction of sp³-hybridized carbons (Fsp3) is 0.600. The minimum atomic E-state index is -0.753. The second-order valence-corrected chi connectivity index (χ2v) is 4.15. The lowest BCUT2D eigenvalue weighted by Crippen LogP contribution is -2.34. The van der Waals surface area contributed by atoms with Gasteiger partial charge in [-0.2, -0.15) is 0 Å². The van der Waals surface area contributed by atoms with E-state index in [0.29, 0.717) is 0 Å². The van der Waals surface area contributed by atoms with Gasteiger partial charge in [-0.25, -0.2) is 4.79 Å². The number of nitrogens with two attached hydrogens (primary N) is 1. The van der Waals surface area contributed by atoms with Gasteiger partial charge >= 0.3 is 5.69 Å². The molecule has 1 aromatic heterocycles. The number of hydrogen-bond acceptors (Lipinski definition) is 6. The Morgan fingerprint density at radius 1 is 1.56 bits per heavy atom. The van der Waals surface area contributed by atoms with Crippen LogP contribution in [0.1, 0.15) is 18.2 Å². The first-order valence-corrected chi connectivity index (χ1v) is 5.55. The number of H-pyrrole nitrogens is 1. The molecule has 18 heavy (non-hydrogen) atoms. The fourth-order valence-electron chi connectivity index (χ4n) is 1.95. The lowest BCUT2D eigenvalue weighted by atomic mass is 10.2. The maximum Gasteiger partial charge on any atom is 0.330 e. The molecule has 0 aliphatic carbocycles. The van der Waals surface area contributed by atoms with Gasteiger partial charge in [-0.15, -0.1) is 0 Å². The lowest BCUT2D eigenvalue weighted by Gasteiger charge is -2.15. The van der Waals surface area contributed by atoms with Gasteiger partial charge in [0.25, 0.3) is 5.56 Å². The molecule has 0 radical (unpaired) electrons. The molecule has 1 fully saturated rings. The van der Waals surface area contributed by atoms with Crippen molar-refractivity contribution in [3.63, 3.8) is 0 Å². The van der Waals surface area contributed by atoms with E-state index in [1.807, 2.05) is 0 Å². The van der Waals surface area contributed by atoms with Crippen LogP contribution in [0.15, 0.2) is 15.8 Å². The van der Waals surface area contributed by atoms with E-state index in [0.717, 1.165) is 4.57 Å². The summed E-state index contributed by atoms with van der Waals surface area (Å²) in [6, 6.07) is 0. The van der Waals surface area contributed by atoms with E-state index >= 15 is 0 Å². The van der Waals surface area contributed by atoms with Crippen molar-refractivity contribution in [2.45, 2.75) is 31.5 Å². The topological polar surface area (TPSA) is 131 Å². The molecule has 5 N–H and O–H groups in total. The standard InChI is InChI=1S/C10H15N3O5/c11-2-7-6(15)1-8(18-7)13-3-5(4-14)9(16)12-10(13)17/h3,6-8,14-15H,1-2,4,11H2,(H,12,16,17)/t6-,7+,8+/m0/s1. The number of nitrogens with one attached hydrogen (secondary N) is 1. The average Bonchev–Trinajstić information content (AvgIpc) is 2.70. The van der Waals surface area contributed by atoms with Crippen LogP contribution in [0.3, 0.4) is 0 Å². The monoisotopic (exact) mass is 257 g/mol. The van der Waals surface area contributed by atoms with E-state index < -0.39 is 36.3 Å². The summed E-state index contributed by atoms with van der Waals surface area (Å²) in [7, 11) is 0. The van der Waals surface area contributed by atoms with Crippen LogP contribution in [0.2, 0.25) is 0 Å². The van der Waals surface area contributed by atoms with Crippen LogP contribution in [0.25, 0.3) is 0 Å². The number of aromatic amines is 1. The normalized spacial score (nSPS) is 27.6. The van der Waals surface area contributed by atoms with Gasteiger partial charge in [0.05, 0.1) is 24.4 Å². The maximum absolute atomic E-state index is 11.6. The van der Waals surface area contributed by atoms with Crippen LogP contribution in [0.5, 0.6) is 0 Å². The zero-order valence-electron chi connectivity index (χ0n) is 9.57. The van der Waals surface area contributed by atoms with Crippen LogP contribution in [0.4, 0.5) is 0 Å².